The van der Waals surface area contributed by atoms with Gasteiger partial charge in [0.15, 0.2) is 0 Å². The van der Waals surface area contributed by atoms with Crippen molar-refractivity contribution in [3.8, 4) is 0 Å². The van der Waals surface area contributed by atoms with Gasteiger partial charge in [-0.1, -0.05) is 17.2 Å². The Morgan fingerprint density at radius 2 is 1.65 bits per heavy atom. The van der Waals surface area contributed by atoms with E-state index in [4.69, 9.17) is 4.74 Å². The molecule has 0 spiro atoms. The lowest BCUT2D eigenvalue weighted by Crippen LogP contribution is -2.43. The third-order valence-corrected chi connectivity index (χ3v) is 4.79. The number of aryl methyl sites for hydroxylation is 2. The topological polar surface area (TPSA) is 29.5 Å². The second kappa shape index (κ2) is 5.21. The highest BCUT2D eigenvalue weighted by Gasteiger charge is 2.39. The summed E-state index contributed by atoms with van der Waals surface area (Å²) in [6, 6.07) is 7.11. The Hall–Kier alpha value is -1.35. The molecule has 1 aromatic rings. The molecule has 2 aliphatic heterocycles. The summed E-state index contributed by atoms with van der Waals surface area (Å²) in [7, 11) is 2.20. The third kappa shape index (κ3) is 2.59. The van der Waals surface area contributed by atoms with Crippen molar-refractivity contribution in [2.75, 3.05) is 7.05 Å². The average molecular weight is 273 g/mol. The Morgan fingerprint density at radius 1 is 1.10 bits per heavy atom. The summed E-state index contributed by atoms with van der Waals surface area (Å²) in [6.07, 6.45) is 4.57. The highest BCUT2D eigenvalue weighted by Crippen LogP contribution is 2.35. The summed E-state index contributed by atoms with van der Waals surface area (Å²) in [5, 5.41) is 0. The van der Waals surface area contributed by atoms with Crippen molar-refractivity contribution >= 4 is 5.97 Å². The first-order valence-corrected chi connectivity index (χ1v) is 7.54. The van der Waals surface area contributed by atoms with Gasteiger partial charge in [0.25, 0.3) is 0 Å². The van der Waals surface area contributed by atoms with Crippen LogP contribution < -0.4 is 0 Å². The van der Waals surface area contributed by atoms with E-state index < -0.39 is 0 Å². The van der Waals surface area contributed by atoms with Crippen molar-refractivity contribution in [3.05, 3.63) is 34.9 Å². The van der Waals surface area contributed by atoms with Gasteiger partial charge in [-0.2, -0.15) is 0 Å². The molecule has 3 rings (SSSR count). The number of benzene rings is 1. The molecular weight excluding hydrogens is 250 g/mol. The zero-order valence-corrected chi connectivity index (χ0v) is 12.6. The van der Waals surface area contributed by atoms with Gasteiger partial charge in [0.2, 0.25) is 0 Å². The molecule has 2 atom stereocenters. The van der Waals surface area contributed by atoms with Crippen LogP contribution in [0.15, 0.2) is 18.2 Å². The zero-order valence-electron chi connectivity index (χ0n) is 12.6. The summed E-state index contributed by atoms with van der Waals surface area (Å²) in [5.74, 6) is -0.161. The number of carbonyl (C=O) groups is 1. The first kappa shape index (κ1) is 13.6. The van der Waals surface area contributed by atoms with Gasteiger partial charge >= 0.3 is 5.97 Å². The normalized spacial score (nSPS) is 29.4. The molecule has 0 N–H and O–H groups in total. The van der Waals surface area contributed by atoms with Crippen LogP contribution in [0.3, 0.4) is 0 Å². The predicted octanol–water partition coefficient (Wildman–Crippen LogP) is 3.09. The molecule has 0 unspecified atom stereocenters. The first-order chi connectivity index (χ1) is 9.52. The molecule has 1 aromatic carbocycles. The molecule has 3 nitrogen and oxygen atoms in total. The Morgan fingerprint density at radius 3 is 2.20 bits per heavy atom. The molecule has 2 heterocycles. The molecule has 0 amide bonds. The van der Waals surface area contributed by atoms with Crippen LogP contribution in [0, 0.1) is 13.8 Å². The second-order valence-electron chi connectivity index (χ2n) is 6.43. The standard InChI is InChI=1S/C17H23NO2/c1-11-6-12(2)8-13(7-11)17(19)20-16-9-14-4-5-15(10-16)18(14)3/h6-8,14-16H,4-5,9-10H2,1-3H3/t14-,15-/m1/s1. The fourth-order valence-corrected chi connectivity index (χ4v) is 3.77. The van der Waals surface area contributed by atoms with Gasteiger partial charge in [-0.15, -0.1) is 0 Å². The maximum atomic E-state index is 12.3. The maximum absolute atomic E-state index is 12.3. The van der Waals surface area contributed by atoms with E-state index in [1.54, 1.807) is 0 Å². The van der Waals surface area contributed by atoms with Crippen molar-refractivity contribution in [2.24, 2.45) is 0 Å². The Labute approximate surface area is 120 Å². The number of hydrogen-bond donors (Lipinski definition) is 0. The third-order valence-electron chi connectivity index (χ3n) is 4.79. The summed E-state index contributed by atoms with van der Waals surface area (Å²) in [5.41, 5.74) is 2.91. The van der Waals surface area contributed by atoms with E-state index >= 15 is 0 Å². The van der Waals surface area contributed by atoms with Gasteiger partial charge in [0.1, 0.15) is 6.10 Å². The number of hydrogen-bond acceptors (Lipinski definition) is 3. The Kier molecular flexibility index (Phi) is 3.55. The van der Waals surface area contributed by atoms with E-state index in [2.05, 4.69) is 18.0 Å². The number of piperidine rings is 1. The summed E-state index contributed by atoms with van der Waals surface area (Å²) in [4.78, 5) is 14.8. The molecule has 2 bridgehead atoms. The minimum absolute atomic E-state index is 0.0945. The number of esters is 1. The van der Waals surface area contributed by atoms with Crippen LogP contribution in [0.1, 0.15) is 47.2 Å². The van der Waals surface area contributed by atoms with Crippen LogP contribution in [0.5, 0.6) is 0 Å². The number of carbonyl (C=O) groups excluding carboxylic acids is 1. The monoisotopic (exact) mass is 273 g/mol. The Bertz CT molecular complexity index is 491. The van der Waals surface area contributed by atoms with E-state index in [1.807, 2.05) is 26.0 Å². The van der Waals surface area contributed by atoms with Gasteiger partial charge in [-0.25, -0.2) is 4.79 Å². The van der Waals surface area contributed by atoms with Crippen molar-refractivity contribution < 1.29 is 9.53 Å². The maximum Gasteiger partial charge on any atom is 0.338 e. The SMILES string of the molecule is Cc1cc(C)cc(C(=O)OC2C[C@H]3CC[C@H](C2)N3C)c1. The lowest BCUT2D eigenvalue weighted by atomic mass is 10.0. The molecule has 2 fully saturated rings. The highest BCUT2D eigenvalue weighted by atomic mass is 16.5. The van der Waals surface area contributed by atoms with Crippen LogP contribution in [0.4, 0.5) is 0 Å². The lowest BCUT2D eigenvalue weighted by molar-refractivity contribution is -0.000465. The van der Waals surface area contributed by atoms with E-state index in [0.29, 0.717) is 17.6 Å². The molecule has 20 heavy (non-hydrogen) atoms. The van der Waals surface area contributed by atoms with Crippen LogP contribution in [-0.4, -0.2) is 36.1 Å². The van der Waals surface area contributed by atoms with Crippen LogP contribution >= 0.6 is 0 Å². The van der Waals surface area contributed by atoms with Gasteiger partial charge in [-0.3, -0.25) is 0 Å². The van der Waals surface area contributed by atoms with Crippen molar-refractivity contribution in [1.82, 2.24) is 4.90 Å². The van der Waals surface area contributed by atoms with E-state index in [0.717, 1.165) is 24.0 Å². The molecule has 0 saturated carbocycles. The van der Waals surface area contributed by atoms with Crippen molar-refractivity contribution in [1.29, 1.82) is 0 Å². The zero-order chi connectivity index (χ0) is 14.3. The van der Waals surface area contributed by atoms with Gasteiger partial charge in [0, 0.05) is 24.9 Å². The fourth-order valence-electron chi connectivity index (χ4n) is 3.77. The van der Waals surface area contributed by atoms with Gasteiger partial charge < -0.3 is 9.64 Å². The number of fused-ring (bicyclic) bond motifs is 2. The fraction of sp³-hybridized carbons (Fsp3) is 0.588. The quantitative estimate of drug-likeness (QED) is 0.776. The van der Waals surface area contributed by atoms with Crippen LogP contribution in [0.25, 0.3) is 0 Å². The first-order valence-electron chi connectivity index (χ1n) is 7.54. The molecule has 3 heteroatoms. The molecule has 0 radical (unpaired) electrons. The van der Waals surface area contributed by atoms with Crippen LogP contribution in [0.2, 0.25) is 0 Å². The number of ether oxygens (including phenoxy) is 1. The minimum atomic E-state index is -0.161. The summed E-state index contributed by atoms with van der Waals surface area (Å²) >= 11 is 0. The van der Waals surface area contributed by atoms with Crippen molar-refractivity contribution in [2.45, 2.75) is 57.7 Å². The molecule has 2 aliphatic rings. The second-order valence-corrected chi connectivity index (χ2v) is 6.43. The smallest absolute Gasteiger partial charge is 0.338 e. The van der Waals surface area contributed by atoms with Gasteiger partial charge in [-0.05, 0) is 45.9 Å². The molecule has 108 valence electrons. The molecule has 0 aromatic heterocycles. The number of nitrogens with zero attached hydrogens (tertiary/aromatic N) is 1. The minimum Gasteiger partial charge on any atom is -0.459 e. The highest BCUT2D eigenvalue weighted by molar-refractivity contribution is 5.90. The summed E-state index contributed by atoms with van der Waals surface area (Å²) in [6.45, 7) is 4.03. The van der Waals surface area contributed by atoms with Crippen LogP contribution in [-0.2, 0) is 4.74 Å². The molecule has 2 saturated heterocycles. The number of rotatable bonds is 2. The lowest BCUT2D eigenvalue weighted by Gasteiger charge is -2.35. The Balaban J connectivity index is 1.67. The van der Waals surface area contributed by atoms with E-state index in [9.17, 15) is 4.79 Å². The average Bonchev–Trinajstić information content (AvgIpc) is 2.61. The van der Waals surface area contributed by atoms with Gasteiger partial charge in [0.05, 0.1) is 5.56 Å². The van der Waals surface area contributed by atoms with E-state index in [-0.39, 0.29) is 12.1 Å². The molecule has 0 aliphatic carbocycles. The largest absolute Gasteiger partial charge is 0.459 e. The predicted molar refractivity (Wildman–Crippen MR) is 78.9 cm³/mol. The summed E-state index contributed by atoms with van der Waals surface area (Å²) < 4.78 is 5.75. The van der Waals surface area contributed by atoms with E-state index in [1.165, 1.54) is 12.8 Å². The molecular formula is C17H23NO2. The van der Waals surface area contributed by atoms with Crippen molar-refractivity contribution in [3.63, 3.8) is 0 Å².